The number of anilines is 1. The standard InChI is InChI=1S/C8H10N2O2.2ClH/c9-4-5-1-2-6(10)3-7(5)8(11)12;;/h1-3H,4,9-10H2,(H,11,12);2*1H. The Labute approximate surface area is 94.1 Å². The van der Waals surface area contributed by atoms with Gasteiger partial charge < -0.3 is 16.6 Å². The Morgan fingerprint density at radius 3 is 2.36 bits per heavy atom. The lowest BCUT2D eigenvalue weighted by molar-refractivity contribution is 0.0695. The number of aromatic carboxylic acids is 1. The van der Waals surface area contributed by atoms with Crippen LogP contribution in [0.15, 0.2) is 18.2 Å². The van der Waals surface area contributed by atoms with Gasteiger partial charge in [-0.15, -0.1) is 24.8 Å². The molecule has 1 rings (SSSR count). The van der Waals surface area contributed by atoms with Crippen LogP contribution in [0.5, 0.6) is 0 Å². The van der Waals surface area contributed by atoms with Gasteiger partial charge in [0.2, 0.25) is 0 Å². The Hall–Kier alpha value is -0.970. The summed E-state index contributed by atoms with van der Waals surface area (Å²) in [6.45, 7) is 0.210. The first-order valence-corrected chi connectivity index (χ1v) is 3.47. The molecule has 0 saturated carbocycles. The molecule has 1 aromatic rings. The van der Waals surface area contributed by atoms with Gasteiger partial charge >= 0.3 is 5.97 Å². The van der Waals surface area contributed by atoms with Crippen LogP contribution >= 0.6 is 24.8 Å². The Kier molecular flexibility index (Phi) is 7.17. The summed E-state index contributed by atoms with van der Waals surface area (Å²) in [5, 5.41) is 8.71. The van der Waals surface area contributed by atoms with E-state index in [0.29, 0.717) is 11.3 Å². The fourth-order valence-corrected chi connectivity index (χ4v) is 0.971. The lowest BCUT2D eigenvalue weighted by Crippen LogP contribution is -2.07. The van der Waals surface area contributed by atoms with E-state index in [2.05, 4.69) is 0 Å². The molecule has 0 fully saturated rings. The second-order valence-electron chi connectivity index (χ2n) is 2.43. The molecule has 4 nitrogen and oxygen atoms in total. The van der Waals surface area contributed by atoms with Crippen LogP contribution in [0.25, 0.3) is 0 Å². The van der Waals surface area contributed by atoms with Crippen LogP contribution in [-0.4, -0.2) is 11.1 Å². The van der Waals surface area contributed by atoms with Crippen LogP contribution in [0, 0.1) is 0 Å². The van der Waals surface area contributed by atoms with E-state index < -0.39 is 5.97 Å². The molecule has 0 saturated heterocycles. The zero-order valence-electron chi connectivity index (χ0n) is 7.27. The monoisotopic (exact) mass is 238 g/mol. The van der Waals surface area contributed by atoms with Gasteiger partial charge in [-0.25, -0.2) is 4.79 Å². The van der Waals surface area contributed by atoms with E-state index in [1.165, 1.54) is 6.07 Å². The van der Waals surface area contributed by atoms with Crippen LogP contribution in [0.3, 0.4) is 0 Å². The molecule has 0 heterocycles. The first-order valence-electron chi connectivity index (χ1n) is 3.47. The van der Waals surface area contributed by atoms with Crippen molar-refractivity contribution in [3.8, 4) is 0 Å². The number of nitrogen functional groups attached to an aromatic ring is 1. The lowest BCUT2D eigenvalue weighted by atomic mass is 10.1. The molecule has 0 spiro atoms. The minimum Gasteiger partial charge on any atom is -0.478 e. The van der Waals surface area contributed by atoms with Crippen molar-refractivity contribution in [1.82, 2.24) is 0 Å². The van der Waals surface area contributed by atoms with Gasteiger partial charge in [0.1, 0.15) is 0 Å². The zero-order chi connectivity index (χ0) is 9.14. The summed E-state index contributed by atoms with van der Waals surface area (Å²) in [7, 11) is 0. The summed E-state index contributed by atoms with van der Waals surface area (Å²) in [5.74, 6) is -0.997. The van der Waals surface area contributed by atoms with E-state index in [0.717, 1.165) is 0 Å². The Bertz CT molecular complexity index is 318. The summed E-state index contributed by atoms with van der Waals surface area (Å²) < 4.78 is 0. The number of nitrogens with two attached hydrogens (primary N) is 2. The highest BCUT2D eigenvalue weighted by Gasteiger charge is 2.08. The predicted molar refractivity (Wildman–Crippen MR) is 60.2 cm³/mol. The van der Waals surface area contributed by atoms with Gasteiger partial charge in [-0.3, -0.25) is 0 Å². The molecule has 0 bridgehead atoms. The van der Waals surface area contributed by atoms with Gasteiger partial charge in [0, 0.05) is 12.2 Å². The molecule has 0 unspecified atom stereocenters. The maximum atomic E-state index is 10.6. The minimum atomic E-state index is -0.997. The van der Waals surface area contributed by atoms with Crippen molar-refractivity contribution in [1.29, 1.82) is 0 Å². The molecule has 0 aliphatic rings. The van der Waals surface area contributed by atoms with Gasteiger partial charge in [0.25, 0.3) is 0 Å². The molecule has 5 N–H and O–H groups in total. The van der Waals surface area contributed by atoms with Crippen molar-refractivity contribution in [2.75, 3.05) is 5.73 Å². The third kappa shape index (κ3) is 3.41. The van der Waals surface area contributed by atoms with Gasteiger partial charge in [0.15, 0.2) is 0 Å². The smallest absolute Gasteiger partial charge is 0.336 e. The quantitative estimate of drug-likeness (QED) is 0.678. The van der Waals surface area contributed by atoms with Crippen molar-refractivity contribution in [3.05, 3.63) is 29.3 Å². The molecule has 6 heteroatoms. The number of hydrogen-bond acceptors (Lipinski definition) is 3. The highest BCUT2D eigenvalue weighted by Crippen LogP contribution is 2.12. The maximum absolute atomic E-state index is 10.6. The number of benzene rings is 1. The van der Waals surface area contributed by atoms with Crippen LogP contribution < -0.4 is 11.5 Å². The highest BCUT2D eigenvalue weighted by molar-refractivity contribution is 5.90. The van der Waals surface area contributed by atoms with Gasteiger partial charge in [-0.1, -0.05) is 6.07 Å². The first-order chi connectivity index (χ1) is 5.65. The number of carbonyl (C=O) groups is 1. The summed E-state index contributed by atoms with van der Waals surface area (Å²) >= 11 is 0. The minimum absolute atomic E-state index is 0. The second kappa shape index (κ2) is 6.48. The largest absolute Gasteiger partial charge is 0.478 e. The van der Waals surface area contributed by atoms with Crippen molar-refractivity contribution in [2.45, 2.75) is 6.54 Å². The lowest BCUT2D eigenvalue weighted by Gasteiger charge is -2.03. The van der Waals surface area contributed by atoms with Gasteiger partial charge in [0.05, 0.1) is 5.56 Å². The average molecular weight is 239 g/mol. The van der Waals surface area contributed by atoms with Gasteiger partial charge in [-0.2, -0.15) is 0 Å². The van der Waals surface area contributed by atoms with Crippen molar-refractivity contribution in [2.24, 2.45) is 5.73 Å². The molecule has 1 aromatic carbocycles. The predicted octanol–water partition coefficient (Wildman–Crippen LogP) is 1.27. The zero-order valence-corrected chi connectivity index (χ0v) is 8.90. The van der Waals surface area contributed by atoms with Crippen molar-refractivity contribution >= 4 is 36.5 Å². The second-order valence-corrected chi connectivity index (χ2v) is 2.43. The molecule has 0 radical (unpaired) electrons. The third-order valence-corrected chi connectivity index (χ3v) is 1.58. The van der Waals surface area contributed by atoms with Crippen molar-refractivity contribution in [3.63, 3.8) is 0 Å². The molecular formula is C8H12Cl2N2O2. The van der Waals surface area contributed by atoms with Crippen LogP contribution in [0.2, 0.25) is 0 Å². The summed E-state index contributed by atoms with van der Waals surface area (Å²) in [6.07, 6.45) is 0. The molecule has 0 aliphatic heterocycles. The normalized spacial score (nSPS) is 8.36. The number of halogens is 2. The summed E-state index contributed by atoms with van der Waals surface area (Å²) in [5.41, 5.74) is 12.0. The highest BCUT2D eigenvalue weighted by atomic mass is 35.5. The van der Waals surface area contributed by atoms with Crippen molar-refractivity contribution < 1.29 is 9.90 Å². The Morgan fingerprint density at radius 1 is 1.36 bits per heavy atom. The molecule has 0 aliphatic carbocycles. The molecular weight excluding hydrogens is 227 g/mol. The Balaban J connectivity index is 0. The van der Waals surface area contributed by atoms with E-state index in [9.17, 15) is 4.79 Å². The van der Waals surface area contributed by atoms with E-state index in [-0.39, 0.29) is 36.9 Å². The summed E-state index contributed by atoms with van der Waals surface area (Å²) in [4.78, 5) is 10.6. The maximum Gasteiger partial charge on any atom is 0.336 e. The Morgan fingerprint density at radius 2 is 1.93 bits per heavy atom. The van der Waals surface area contributed by atoms with E-state index in [1.54, 1.807) is 12.1 Å². The molecule has 0 atom stereocenters. The number of hydrogen-bond donors (Lipinski definition) is 3. The molecule has 14 heavy (non-hydrogen) atoms. The molecule has 80 valence electrons. The van der Waals surface area contributed by atoms with E-state index in [4.69, 9.17) is 16.6 Å². The van der Waals surface area contributed by atoms with E-state index >= 15 is 0 Å². The first kappa shape index (κ1) is 15.5. The fourth-order valence-electron chi connectivity index (χ4n) is 0.971. The number of carboxylic acid groups (broad SMARTS) is 1. The summed E-state index contributed by atoms with van der Waals surface area (Å²) in [6, 6.07) is 4.66. The SMILES string of the molecule is Cl.Cl.NCc1ccc(N)cc1C(=O)O. The van der Waals surface area contributed by atoms with Crippen LogP contribution in [0.4, 0.5) is 5.69 Å². The number of rotatable bonds is 2. The fraction of sp³-hybridized carbons (Fsp3) is 0.125. The molecule has 0 amide bonds. The van der Waals surface area contributed by atoms with Crippen LogP contribution in [0.1, 0.15) is 15.9 Å². The van der Waals surface area contributed by atoms with Crippen LogP contribution in [-0.2, 0) is 6.54 Å². The number of carboxylic acids is 1. The topological polar surface area (TPSA) is 89.3 Å². The van der Waals surface area contributed by atoms with Gasteiger partial charge in [-0.05, 0) is 17.7 Å². The third-order valence-electron chi connectivity index (χ3n) is 1.58. The average Bonchev–Trinajstić information content (AvgIpc) is 2.04. The van der Waals surface area contributed by atoms with E-state index in [1.807, 2.05) is 0 Å². The molecule has 0 aromatic heterocycles.